The van der Waals surface area contributed by atoms with Crippen LogP contribution in [0.25, 0.3) is 10.9 Å². The van der Waals surface area contributed by atoms with Crippen LogP contribution in [0.2, 0.25) is 0 Å². The minimum atomic E-state index is 0.0150. The molecule has 1 spiro atoms. The maximum absolute atomic E-state index is 13.7. The molecule has 8 nitrogen and oxygen atoms in total. The highest BCUT2D eigenvalue weighted by atomic mass is 16.6. The van der Waals surface area contributed by atoms with Crippen molar-refractivity contribution in [3.05, 3.63) is 52.0 Å². The third kappa shape index (κ3) is 3.75. The first-order valence-corrected chi connectivity index (χ1v) is 11.9. The van der Waals surface area contributed by atoms with Gasteiger partial charge in [0.05, 0.1) is 17.6 Å². The molecule has 2 aliphatic rings. The van der Waals surface area contributed by atoms with Crippen molar-refractivity contribution in [3.63, 3.8) is 0 Å². The van der Waals surface area contributed by atoms with Gasteiger partial charge in [-0.15, -0.1) is 0 Å². The SMILES string of the molecule is Cc1ccc2nc(C)c(C)c(C(=O)N3CCC4(CC3)C[C@H]4C(=O)N(C)Cc3nonc3C)c2c1. The van der Waals surface area contributed by atoms with E-state index in [1.165, 1.54) is 0 Å². The number of aryl methyl sites for hydroxylation is 3. The highest BCUT2D eigenvalue weighted by molar-refractivity contribution is 6.07. The Morgan fingerprint density at radius 1 is 1.12 bits per heavy atom. The maximum Gasteiger partial charge on any atom is 0.254 e. The number of hydrogen-bond donors (Lipinski definition) is 0. The Hall–Kier alpha value is -3.29. The number of aromatic nitrogens is 3. The van der Waals surface area contributed by atoms with Crippen molar-refractivity contribution in [3.8, 4) is 0 Å². The molecule has 0 unspecified atom stereocenters. The van der Waals surface area contributed by atoms with Crippen LogP contribution < -0.4 is 0 Å². The summed E-state index contributed by atoms with van der Waals surface area (Å²) in [7, 11) is 1.81. The number of rotatable bonds is 4. The van der Waals surface area contributed by atoms with Gasteiger partial charge in [0.1, 0.15) is 11.4 Å². The Bertz CT molecular complexity index is 1290. The Kier molecular flexibility index (Phi) is 5.41. The van der Waals surface area contributed by atoms with Crippen LogP contribution in [0.15, 0.2) is 22.8 Å². The molecule has 2 fully saturated rings. The van der Waals surface area contributed by atoms with E-state index in [9.17, 15) is 9.59 Å². The van der Waals surface area contributed by atoms with Crippen molar-refractivity contribution in [1.29, 1.82) is 0 Å². The molecule has 1 saturated carbocycles. The topological polar surface area (TPSA) is 92.4 Å². The van der Waals surface area contributed by atoms with E-state index in [2.05, 4.69) is 21.4 Å². The van der Waals surface area contributed by atoms with Crippen LogP contribution in [0.3, 0.4) is 0 Å². The molecular formula is C26H31N5O3. The Morgan fingerprint density at radius 3 is 2.53 bits per heavy atom. The summed E-state index contributed by atoms with van der Waals surface area (Å²) >= 11 is 0. The number of amides is 2. The molecular weight excluding hydrogens is 430 g/mol. The quantitative estimate of drug-likeness (QED) is 0.588. The van der Waals surface area contributed by atoms with Crippen LogP contribution in [-0.4, -0.2) is 57.0 Å². The van der Waals surface area contributed by atoms with Gasteiger partial charge in [-0.1, -0.05) is 21.9 Å². The molecule has 3 aromatic rings. The normalized spacial score (nSPS) is 19.0. The van der Waals surface area contributed by atoms with Gasteiger partial charge in [0, 0.05) is 37.1 Å². The zero-order chi connectivity index (χ0) is 24.2. The third-order valence-corrected chi connectivity index (χ3v) is 7.88. The van der Waals surface area contributed by atoms with Gasteiger partial charge in [0.2, 0.25) is 5.91 Å². The Morgan fingerprint density at radius 2 is 1.85 bits per heavy atom. The van der Waals surface area contributed by atoms with Crippen LogP contribution in [-0.2, 0) is 11.3 Å². The lowest BCUT2D eigenvalue weighted by molar-refractivity contribution is -0.133. The molecule has 1 atom stereocenters. The van der Waals surface area contributed by atoms with Crippen LogP contribution >= 0.6 is 0 Å². The number of fused-ring (bicyclic) bond motifs is 1. The number of benzene rings is 1. The van der Waals surface area contributed by atoms with Gasteiger partial charge in [-0.3, -0.25) is 14.6 Å². The van der Waals surface area contributed by atoms with Crippen molar-refractivity contribution in [2.45, 2.75) is 53.5 Å². The Labute approximate surface area is 199 Å². The van der Waals surface area contributed by atoms with E-state index in [-0.39, 0.29) is 23.1 Å². The lowest BCUT2D eigenvalue weighted by Gasteiger charge is -2.34. The first kappa shape index (κ1) is 22.5. The molecule has 3 heterocycles. The predicted octanol–water partition coefficient (Wildman–Crippen LogP) is 3.75. The summed E-state index contributed by atoms with van der Waals surface area (Å²) in [6, 6.07) is 6.09. The number of piperidine rings is 1. The van der Waals surface area contributed by atoms with Gasteiger partial charge in [0.25, 0.3) is 5.91 Å². The summed E-state index contributed by atoms with van der Waals surface area (Å²) in [5.74, 6) is 0.232. The van der Waals surface area contributed by atoms with Crippen molar-refractivity contribution in [2.24, 2.45) is 11.3 Å². The number of likely N-dealkylation sites (tertiary alicyclic amines) is 1. The standard InChI is InChI=1S/C26H31N5O3/c1-15-6-7-21-19(12-15)23(16(2)17(3)27-21)25(33)31-10-8-26(9-11-31)13-20(26)24(32)30(5)14-22-18(4)28-34-29-22/h6-7,12,20H,8-11,13-14H2,1-5H3/t20-/m0/s1. The lowest BCUT2D eigenvalue weighted by atomic mass is 9.89. The zero-order valence-electron chi connectivity index (χ0n) is 20.5. The van der Waals surface area contributed by atoms with Crippen LogP contribution in [0.5, 0.6) is 0 Å². The van der Waals surface area contributed by atoms with E-state index in [4.69, 9.17) is 4.63 Å². The van der Waals surface area contributed by atoms with Gasteiger partial charge < -0.3 is 9.80 Å². The number of carbonyl (C=O) groups is 2. The zero-order valence-corrected chi connectivity index (χ0v) is 20.5. The van der Waals surface area contributed by atoms with E-state index in [0.29, 0.717) is 31.0 Å². The second kappa shape index (κ2) is 8.18. The molecule has 2 amide bonds. The third-order valence-electron chi connectivity index (χ3n) is 7.88. The fraction of sp³-hybridized carbons (Fsp3) is 0.500. The lowest BCUT2D eigenvalue weighted by Crippen LogP contribution is -2.41. The summed E-state index contributed by atoms with van der Waals surface area (Å²) in [6.45, 7) is 9.56. The molecule has 1 aromatic carbocycles. The van der Waals surface area contributed by atoms with Gasteiger partial charge in [-0.2, -0.15) is 0 Å². The molecule has 1 aliphatic carbocycles. The molecule has 8 heteroatoms. The molecule has 0 N–H and O–H groups in total. The number of pyridine rings is 1. The number of nitrogens with zero attached hydrogens (tertiary/aromatic N) is 5. The summed E-state index contributed by atoms with van der Waals surface area (Å²) in [5, 5.41) is 8.61. The van der Waals surface area contributed by atoms with Crippen molar-refractivity contribution in [2.75, 3.05) is 20.1 Å². The highest BCUT2D eigenvalue weighted by Crippen LogP contribution is 2.60. The highest BCUT2D eigenvalue weighted by Gasteiger charge is 2.59. The largest absolute Gasteiger partial charge is 0.339 e. The minimum Gasteiger partial charge on any atom is -0.339 e. The van der Waals surface area contributed by atoms with E-state index in [1.807, 2.05) is 51.8 Å². The second-order valence-electron chi connectivity index (χ2n) is 10.1. The van der Waals surface area contributed by atoms with E-state index < -0.39 is 0 Å². The van der Waals surface area contributed by atoms with Gasteiger partial charge in [-0.25, -0.2) is 4.63 Å². The van der Waals surface area contributed by atoms with Crippen molar-refractivity contribution >= 4 is 22.7 Å². The smallest absolute Gasteiger partial charge is 0.254 e. The summed E-state index contributed by atoms with van der Waals surface area (Å²) in [5.41, 5.74) is 5.99. The average molecular weight is 462 g/mol. The minimum absolute atomic E-state index is 0.0150. The van der Waals surface area contributed by atoms with Gasteiger partial charge in [-0.05, 0) is 70.1 Å². The van der Waals surface area contributed by atoms with Crippen LogP contribution in [0, 0.1) is 39.0 Å². The average Bonchev–Trinajstić information content (AvgIpc) is 3.36. The maximum atomic E-state index is 13.7. The molecule has 0 bridgehead atoms. The molecule has 34 heavy (non-hydrogen) atoms. The van der Waals surface area contributed by atoms with Crippen molar-refractivity contribution < 1.29 is 14.2 Å². The molecule has 2 aromatic heterocycles. The molecule has 1 saturated heterocycles. The fourth-order valence-corrected chi connectivity index (χ4v) is 5.39. The van der Waals surface area contributed by atoms with E-state index in [1.54, 1.807) is 4.90 Å². The first-order chi connectivity index (χ1) is 16.2. The van der Waals surface area contributed by atoms with Crippen molar-refractivity contribution in [1.82, 2.24) is 25.1 Å². The van der Waals surface area contributed by atoms with Crippen LogP contribution in [0.4, 0.5) is 0 Å². The first-order valence-electron chi connectivity index (χ1n) is 11.9. The number of hydrogen-bond acceptors (Lipinski definition) is 6. The molecule has 5 rings (SSSR count). The summed E-state index contributed by atoms with van der Waals surface area (Å²) in [6.07, 6.45) is 2.60. The predicted molar refractivity (Wildman–Crippen MR) is 127 cm³/mol. The van der Waals surface area contributed by atoms with E-state index in [0.717, 1.165) is 52.5 Å². The second-order valence-corrected chi connectivity index (χ2v) is 10.1. The van der Waals surface area contributed by atoms with Crippen LogP contribution in [0.1, 0.15) is 57.8 Å². The fourth-order valence-electron chi connectivity index (χ4n) is 5.39. The molecule has 1 aliphatic heterocycles. The molecule has 178 valence electrons. The van der Waals surface area contributed by atoms with Gasteiger partial charge >= 0.3 is 0 Å². The number of carbonyl (C=O) groups excluding carboxylic acids is 2. The summed E-state index contributed by atoms with van der Waals surface area (Å²) < 4.78 is 4.75. The van der Waals surface area contributed by atoms with E-state index >= 15 is 0 Å². The van der Waals surface area contributed by atoms with Gasteiger partial charge in [0.15, 0.2) is 0 Å². The Balaban J connectivity index is 1.28. The molecule has 0 radical (unpaired) electrons. The monoisotopic (exact) mass is 461 g/mol. The summed E-state index contributed by atoms with van der Waals surface area (Å²) in [4.78, 5) is 35.1.